The maximum Gasteiger partial charge on any atom is 0.203 e. The van der Waals surface area contributed by atoms with E-state index in [1.807, 2.05) is 36.4 Å². The third kappa shape index (κ3) is 2.18. The minimum atomic E-state index is 0.402. The van der Waals surface area contributed by atoms with Gasteiger partial charge in [-0.1, -0.05) is 35.5 Å². The maximum atomic E-state index is 5.79. The van der Waals surface area contributed by atoms with Gasteiger partial charge in [0.25, 0.3) is 0 Å². The Balaban J connectivity index is 1.69. The van der Waals surface area contributed by atoms with Gasteiger partial charge in [-0.15, -0.1) is 5.10 Å². The van der Waals surface area contributed by atoms with Crippen molar-refractivity contribution in [1.82, 2.24) is 25.6 Å². The molecule has 0 radical (unpaired) electrons. The van der Waals surface area contributed by atoms with Crippen LogP contribution in [-0.2, 0) is 6.42 Å². The second kappa shape index (κ2) is 4.96. The molecule has 7 nitrogen and oxygen atoms in total. The summed E-state index contributed by atoms with van der Waals surface area (Å²) in [5.41, 5.74) is 9.69. The van der Waals surface area contributed by atoms with Crippen LogP contribution < -0.4 is 5.73 Å². The number of pyridine rings is 1. The van der Waals surface area contributed by atoms with Crippen molar-refractivity contribution in [2.24, 2.45) is 0 Å². The van der Waals surface area contributed by atoms with Crippen LogP contribution in [0.25, 0.3) is 22.4 Å². The average molecular weight is 292 g/mol. The lowest BCUT2D eigenvalue weighted by Gasteiger charge is -1.99. The van der Waals surface area contributed by atoms with Gasteiger partial charge in [-0.2, -0.15) is 10.3 Å². The van der Waals surface area contributed by atoms with Gasteiger partial charge in [0.2, 0.25) is 5.65 Å². The summed E-state index contributed by atoms with van der Waals surface area (Å²) in [5, 5.41) is 14.7. The summed E-state index contributed by atoms with van der Waals surface area (Å²) in [4.78, 5) is 4.12. The molecule has 0 saturated carbocycles. The first-order chi connectivity index (χ1) is 10.8. The quantitative estimate of drug-likeness (QED) is 0.599. The van der Waals surface area contributed by atoms with E-state index >= 15 is 0 Å². The van der Waals surface area contributed by atoms with Crippen LogP contribution in [-0.4, -0.2) is 25.6 Å². The molecule has 0 aliphatic rings. The standard InChI is InChI=1S/C15H12N6O/c16-13-7-10(14-15(17-13)19-21-18-14)6-11-8-12(20-22-11)9-4-2-1-3-5-9/h1-5,7-8H,6H2,(H3,16,17,18,19,21). The first-order valence-corrected chi connectivity index (χ1v) is 6.76. The van der Waals surface area contributed by atoms with Crippen LogP contribution in [0, 0.1) is 0 Å². The number of aromatic nitrogens is 5. The molecule has 0 spiro atoms. The fourth-order valence-electron chi connectivity index (χ4n) is 2.38. The molecule has 0 atom stereocenters. The zero-order valence-electron chi connectivity index (χ0n) is 11.5. The number of nitrogens with two attached hydrogens (primary N) is 1. The molecular weight excluding hydrogens is 280 g/mol. The summed E-state index contributed by atoms with van der Waals surface area (Å²) >= 11 is 0. The van der Waals surface area contributed by atoms with Crippen molar-refractivity contribution < 1.29 is 4.52 Å². The summed E-state index contributed by atoms with van der Waals surface area (Å²) in [6.07, 6.45) is 0.523. The van der Waals surface area contributed by atoms with Crippen LogP contribution in [0.5, 0.6) is 0 Å². The Hall–Kier alpha value is -3.22. The predicted octanol–water partition coefficient (Wildman–Crippen LogP) is 2.18. The van der Waals surface area contributed by atoms with Gasteiger partial charge < -0.3 is 10.3 Å². The molecule has 7 heteroatoms. The molecule has 0 aliphatic heterocycles. The number of nitrogens with one attached hydrogen (secondary N) is 1. The summed E-state index contributed by atoms with van der Waals surface area (Å²) in [6, 6.07) is 13.6. The van der Waals surface area contributed by atoms with Crippen molar-refractivity contribution in [2.45, 2.75) is 6.42 Å². The van der Waals surface area contributed by atoms with E-state index in [0.717, 1.165) is 22.6 Å². The number of H-pyrrole nitrogens is 1. The summed E-state index contributed by atoms with van der Waals surface area (Å²) in [7, 11) is 0. The van der Waals surface area contributed by atoms with E-state index in [0.29, 0.717) is 23.4 Å². The third-order valence-electron chi connectivity index (χ3n) is 3.38. The van der Waals surface area contributed by atoms with E-state index in [9.17, 15) is 0 Å². The van der Waals surface area contributed by atoms with Crippen molar-refractivity contribution in [3.8, 4) is 11.3 Å². The first-order valence-electron chi connectivity index (χ1n) is 6.76. The number of hydrogen-bond acceptors (Lipinski definition) is 6. The van der Waals surface area contributed by atoms with Gasteiger partial charge >= 0.3 is 0 Å². The van der Waals surface area contributed by atoms with Gasteiger partial charge in [-0.25, -0.2) is 4.98 Å². The van der Waals surface area contributed by atoms with E-state index < -0.39 is 0 Å². The Morgan fingerprint density at radius 3 is 2.82 bits per heavy atom. The SMILES string of the molecule is Nc1cc(Cc2cc(-c3ccccc3)no2)c2n[nH]nc2n1. The Morgan fingerprint density at radius 2 is 1.95 bits per heavy atom. The average Bonchev–Trinajstić information content (AvgIpc) is 3.17. The highest BCUT2D eigenvalue weighted by Gasteiger charge is 2.12. The van der Waals surface area contributed by atoms with Gasteiger partial charge in [0.1, 0.15) is 22.8 Å². The minimum absolute atomic E-state index is 0.402. The molecule has 0 saturated heterocycles. The van der Waals surface area contributed by atoms with Crippen LogP contribution >= 0.6 is 0 Å². The molecule has 0 aliphatic carbocycles. The van der Waals surface area contributed by atoms with E-state index in [4.69, 9.17) is 10.3 Å². The first kappa shape index (κ1) is 12.5. The number of aromatic amines is 1. The van der Waals surface area contributed by atoms with Crippen molar-refractivity contribution in [2.75, 3.05) is 5.73 Å². The molecule has 3 aromatic heterocycles. The lowest BCUT2D eigenvalue weighted by atomic mass is 10.1. The molecule has 0 unspecified atom stereocenters. The fourth-order valence-corrected chi connectivity index (χ4v) is 2.38. The van der Waals surface area contributed by atoms with Crippen molar-refractivity contribution in [3.63, 3.8) is 0 Å². The molecule has 108 valence electrons. The van der Waals surface area contributed by atoms with Crippen molar-refractivity contribution >= 4 is 17.0 Å². The topological polar surface area (TPSA) is 107 Å². The van der Waals surface area contributed by atoms with Crippen molar-refractivity contribution in [3.05, 3.63) is 53.8 Å². The normalized spacial score (nSPS) is 11.1. The second-order valence-corrected chi connectivity index (χ2v) is 4.92. The number of nitrogens with zero attached hydrogens (tertiary/aromatic N) is 4. The largest absolute Gasteiger partial charge is 0.384 e. The van der Waals surface area contributed by atoms with Crippen LogP contribution in [0.15, 0.2) is 47.0 Å². The Morgan fingerprint density at radius 1 is 1.09 bits per heavy atom. The van der Waals surface area contributed by atoms with E-state index in [2.05, 4.69) is 25.6 Å². The highest BCUT2D eigenvalue weighted by Crippen LogP contribution is 2.23. The Bertz CT molecular complexity index is 928. The van der Waals surface area contributed by atoms with Gasteiger partial charge in [0, 0.05) is 18.1 Å². The zero-order valence-corrected chi connectivity index (χ0v) is 11.5. The molecule has 4 aromatic rings. The van der Waals surface area contributed by atoms with E-state index in [1.165, 1.54) is 0 Å². The molecule has 0 fully saturated rings. The van der Waals surface area contributed by atoms with Gasteiger partial charge in [-0.05, 0) is 11.6 Å². The Kier molecular flexibility index (Phi) is 2.82. The van der Waals surface area contributed by atoms with Crippen LogP contribution in [0.1, 0.15) is 11.3 Å². The highest BCUT2D eigenvalue weighted by atomic mass is 16.5. The van der Waals surface area contributed by atoms with E-state index in [-0.39, 0.29) is 0 Å². The van der Waals surface area contributed by atoms with E-state index in [1.54, 1.807) is 6.07 Å². The molecule has 3 N–H and O–H groups in total. The molecular formula is C15H12N6O. The zero-order chi connectivity index (χ0) is 14.9. The van der Waals surface area contributed by atoms with Crippen molar-refractivity contribution in [1.29, 1.82) is 0 Å². The molecule has 1 aromatic carbocycles. The fraction of sp³-hybridized carbons (Fsp3) is 0.0667. The minimum Gasteiger partial charge on any atom is -0.384 e. The number of benzene rings is 1. The lowest BCUT2D eigenvalue weighted by molar-refractivity contribution is 0.392. The maximum absolute atomic E-state index is 5.79. The Labute approximate surface area is 125 Å². The number of anilines is 1. The van der Waals surface area contributed by atoms with Crippen LogP contribution in [0.3, 0.4) is 0 Å². The number of rotatable bonds is 3. The number of nitrogen functional groups attached to an aromatic ring is 1. The van der Waals surface area contributed by atoms with Gasteiger partial charge in [0.15, 0.2) is 0 Å². The molecule has 0 bridgehead atoms. The summed E-state index contributed by atoms with van der Waals surface area (Å²) in [5.74, 6) is 1.13. The number of fused-ring (bicyclic) bond motifs is 1. The number of hydrogen-bond donors (Lipinski definition) is 2. The summed E-state index contributed by atoms with van der Waals surface area (Å²) < 4.78 is 5.42. The van der Waals surface area contributed by atoms with Gasteiger partial charge in [-0.3, -0.25) is 0 Å². The summed E-state index contributed by atoms with van der Waals surface area (Å²) in [6.45, 7) is 0. The molecule has 0 amide bonds. The second-order valence-electron chi connectivity index (χ2n) is 4.92. The lowest BCUT2D eigenvalue weighted by Crippen LogP contribution is -1.96. The molecule has 4 rings (SSSR count). The van der Waals surface area contributed by atoms with Crippen LogP contribution in [0.2, 0.25) is 0 Å². The molecule has 22 heavy (non-hydrogen) atoms. The van der Waals surface area contributed by atoms with Crippen LogP contribution in [0.4, 0.5) is 5.82 Å². The monoisotopic (exact) mass is 292 g/mol. The smallest absolute Gasteiger partial charge is 0.203 e. The third-order valence-corrected chi connectivity index (χ3v) is 3.38. The highest BCUT2D eigenvalue weighted by molar-refractivity contribution is 5.76. The van der Waals surface area contributed by atoms with Gasteiger partial charge in [0.05, 0.1) is 0 Å². The molecule has 3 heterocycles. The predicted molar refractivity (Wildman–Crippen MR) is 80.8 cm³/mol.